The predicted octanol–water partition coefficient (Wildman–Crippen LogP) is 7.93. The molecule has 0 radical (unpaired) electrons. The molecule has 1 atom stereocenters. The summed E-state index contributed by atoms with van der Waals surface area (Å²) in [6.07, 6.45) is 17.4. The highest BCUT2D eigenvalue weighted by Crippen LogP contribution is 2.19. The highest BCUT2D eigenvalue weighted by molar-refractivity contribution is 5.70. The molecule has 0 fully saturated rings. The van der Waals surface area contributed by atoms with Gasteiger partial charge in [-0.15, -0.1) is 0 Å². The minimum atomic E-state index is -0.799. The van der Waals surface area contributed by atoms with Crippen LogP contribution in [-0.2, 0) is 14.3 Å². The lowest BCUT2D eigenvalue weighted by Crippen LogP contribution is -2.18. The number of aliphatic carboxylic acids is 1. The Morgan fingerprint density at radius 2 is 1.00 bits per heavy atom. The fourth-order valence-corrected chi connectivity index (χ4v) is 3.79. The molecule has 1 N–H and O–H groups in total. The van der Waals surface area contributed by atoms with Crippen molar-refractivity contribution < 1.29 is 19.4 Å². The second-order valence-electron chi connectivity index (χ2n) is 9.84. The van der Waals surface area contributed by atoms with Crippen molar-refractivity contribution in [2.75, 3.05) is 0 Å². The minimum absolute atomic E-state index is 0.0396. The van der Waals surface area contributed by atoms with Gasteiger partial charge < -0.3 is 9.84 Å². The zero-order chi connectivity index (χ0) is 22.6. The van der Waals surface area contributed by atoms with Crippen molar-refractivity contribution in [3.05, 3.63) is 0 Å². The first-order valence-electron chi connectivity index (χ1n) is 12.7. The van der Waals surface area contributed by atoms with Crippen LogP contribution in [0.1, 0.15) is 137 Å². The molecule has 0 bridgehead atoms. The molecule has 0 aromatic carbocycles. The lowest BCUT2D eigenvalue weighted by Gasteiger charge is -2.18. The van der Waals surface area contributed by atoms with Crippen LogP contribution in [0.4, 0.5) is 0 Å². The number of hydrogen-bond donors (Lipinski definition) is 1. The van der Waals surface area contributed by atoms with E-state index in [4.69, 9.17) is 9.84 Å². The van der Waals surface area contributed by atoms with Crippen molar-refractivity contribution in [2.45, 2.75) is 143 Å². The molecule has 0 aliphatic rings. The molecule has 0 amide bonds. The second-order valence-corrected chi connectivity index (χ2v) is 9.84. The third kappa shape index (κ3) is 21.6. The van der Waals surface area contributed by atoms with Crippen molar-refractivity contribution in [2.24, 2.45) is 11.8 Å². The Balaban J connectivity index is 4.10. The molecule has 4 heteroatoms. The topological polar surface area (TPSA) is 63.6 Å². The average molecular weight is 427 g/mol. The molecule has 30 heavy (non-hydrogen) atoms. The lowest BCUT2D eigenvalue weighted by atomic mass is 10.00. The molecule has 0 aromatic rings. The van der Waals surface area contributed by atoms with Gasteiger partial charge in [-0.2, -0.15) is 0 Å². The number of ether oxygens (including phenoxy) is 1. The highest BCUT2D eigenvalue weighted by atomic mass is 16.5. The van der Waals surface area contributed by atoms with Crippen molar-refractivity contribution in [3.8, 4) is 0 Å². The van der Waals surface area contributed by atoms with Gasteiger partial charge in [-0.05, 0) is 50.4 Å². The molecule has 178 valence electrons. The summed E-state index contributed by atoms with van der Waals surface area (Å²) in [5.74, 6) is 0.624. The van der Waals surface area contributed by atoms with Crippen LogP contribution in [0.25, 0.3) is 0 Å². The number of rotatable bonds is 21. The van der Waals surface area contributed by atoms with Crippen LogP contribution < -0.4 is 0 Å². The molecule has 1 unspecified atom stereocenters. The SMILES string of the molecule is CC(C)CCCCCCCC(CCCCCCC(C)C)OC(=O)CCCCC(=O)O. The molecule has 4 nitrogen and oxygen atoms in total. The fraction of sp³-hybridized carbons (Fsp3) is 0.923. The number of hydrogen-bond acceptors (Lipinski definition) is 3. The molecule has 0 spiro atoms. The maximum absolute atomic E-state index is 12.2. The number of unbranched alkanes of at least 4 members (excludes halogenated alkanes) is 8. The van der Waals surface area contributed by atoms with Crippen LogP contribution in [0.3, 0.4) is 0 Å². The Labute approximate surface area is 186 Å². The Morgan fingerprint density at radius 3 is 1.43 bits per heavy atom. The molecule has 0 aromatic heterocycles. The highest BCUT2D eigenvalue weighted by Gasteiger charge is 2.14. The summed E-state index contributed by atoms with van der Waals surface area (Å²) >= 11 is 0. The van der Waals surface area contributed by atoms with E-state index < -0.39 is 5.97 Å². The van der Waals surface area contributed by atoms with Gasteiger partial charge in [0.2, 0.25) is 0 Å². The van der Waals surface area contributed by atoms with Gasteiger partial charge in [0.05, 0.1) is 0 Å². The summed E-state index contributed by atoms with van der Waals surface area (Å²) in [6, 6.07) is 0. The minimum Gasteiger partial charge on any atom is -0.481 e. The van der Waals surface area contributed by atoms with Crippen LogP contribution in [-0.4, -0.2) is 23.1 Å². The maximum Gasteiger partial charge on any atom is 0.306 e. The van der Waals surface area contributed by atoms with Crippen molar-refractivity contribution in [1.29, 1.82) is 0 Å². The van der Waals surface area contributed by atoms with Gasteiger partial charge in [0.1, 0.15) is 6.10 Å². The molecule has 0 rings (SSSR count). The van der Waals surface area contributed by atoms with E-state index in [9.17, 15) is 9.59 Å². The van der Waals surface area contributed by atoms with E-state index >= 15 is 0 Å². The maximum atomic E-state index is 12.2. The van der Waals surface area contributed by atoms with Gasteiger partial charge in [0.25, 0.3) is 0 Å². The summed E-state index contributed by atoms with van der Waals surface area (Å²) in [5.41, 5.74) is 0. The Bertz CT molecular complexity index is 417. The summed E-state index contributed by atoms with van der Waals surface area (Å²) in [6.45, 7) is 9.11. The van der Waals surface area contributed by atoms with Crippen LogP contribution in [0.5, 0.6) is 0 Å². The third-order valence-corrected chi connectivity index (χ3v) is 5.68. The molecule has 0 aliphatic carbocycles. The predicted molar refractivity (Wildman–Crippen MR) is 126 cm³/mol. The quantitative estimate of drug-likeness (QED) is 0.149. The van der Waals surface area contributed by atoms with E-state index in [1.54, 1.807) is 0 Å². The van der Waals surface area contributed by atoms with Crippen molar-refractivity contribution in [1.82, 2.24) is 0 Å². The monoisotopic (exact) mass is 426 g/mol. The first kappa shape index (κ1) is 28.9. The first-order chi connectivity index (χ1) is 14.3. The standard InChI is InChI=1S/C26H50O4/c1-22(2)16-10-6-5-7-12-18-24(19-13-9-8-11-17-23(3)4)30-26(29)21-15-14-20-25(27)28/h22-24H,5-21H2,1-4H3,(H,27,28). The number of esters is 1. The van der Waals surface area contributed by atoms with Crippen molar-refractivity contribution >= 4 is 11.9 Å². The average Bonchev–Trinajstić information content (AvgIpc) is 2.66. The fourth-order valence-electron chi connectivity index (χ4n) is 3.79. The van der Waals surface area contributed by atoms with Gasteiger partial charge in [-0.25, -0.2) is 0 Å². The van der Waals surface area contributed by atoms with Gasteiger partial charge in [-0.1, -0.05) is 85.5 Å². The first-order valence-corrected chi connectivity index (χ1v) is 12.7. The molecular weight excluding hydrogens is 376 g/mol. The van der Waals surface area contributed by atoms with Crippen LogP contribution >= 0.6 is 0 Å². The zero-order valence-electron chi connectivity index (χ0n) is 20.4. The van der Waals surface area contributed by atoms with Crippen LogP contribution in [0.15, 0.2) is 0 Å². The third-order valence-electron chi connectivity index (χ3n) is 5.68. The normalized spacial score (nSPS) is 12.5. The molecule has 0 heterocycles. The molecule has 0 aliphatic heterocycles. The van der Waals surface area contributed by atoms with Gasteiger partial charge in [0, 0.05) is 12.8 Å². The smallest absolute Gasteiger partial charge is 0.306 e. The zero-order valence-corrected chi connectivity index (χ0v) is 20.4. The number of carbonyl (C=O) groups is 2. The summed E-state index contributed by atoms with van der Waals surface area (Å²) in [5, 5.41) is 8.70. The number of carbonyl (C=O) groups excluding carboxylic acids is 1. The van der Waals surface area contributed by atoms with E-state index in [0.29, 0.717) is 19.3 Å². The largest absolute Gasteiger partial charge is 0.481 e. The van der Waals surface area contributed by atoms with E-state index in [-0.39, 0.29) is 18.5 Å². The van der Waals surface area contributed by atoms with Crippen LogP contribution in [0, 0.1) is 11.8 Å². The Hall–Kier alpha value is -1.06. The second kappa shape index (κ2) is 19.9. The van der Waals surface area contributed by atoms with Crippen LogP contribution in [0.2, 0.25) is 0 Å². The van der Waals surface area contributed by atoms with Gasteiger partial charge in [0.15, 0.2) is 0 Å². The van der Waals surface area contributed by atoms with Crippen molar-refractivity contribution in [3.63, 3.8) is 0 Å². The van der Waals surface area contributed by atoms with E-state index in [1.807, 2.05) is 0 Å². The summed E-state index contributed by atoms with van der Waals surface area (Å²) in [4.78, 5) is 22.8. The Kier molecular flexibility index (Phi) is 19.2. The number of carboxylic acids is 1. The Morgan fingerprint density at radius 1 is 0.600 bits per heavy atom. The molecule has 0 saturated carbocycles. The molecule has 0 saturated heterocycles. The summed E-state index contributed by atoms with van der Waals surface area (Å²) in [7, 11) is 0. The van der Waals surface area contributed by atoms with Gasteiger partial charge >= 0.3 is 11.9 Å². The summed E-state index contributed by atoms with van der Waals surface area (Å²) < 4.78 is 5.78. The lowest BCUT2D eigenvalue weighted by molar-refractivity contribution is -0.150. The number of carboxylic acid groups (broad SMARTS) is 1. The molecular formula is C26H50O4. The van der Waals surface area contributed by atoms with Gasteiger partial charge in [-0.3, -0.25) is 9.59 Å². The van der Waals surface area contributed by atoms with E-state index in [2.05, 4.69) is 27.7 Å². The van der Waals surface area contributed by atoms with E-state index in [1.165, 1.54) is 57.8 Å². The van der Waals surface area contributed by atoms with E-state index in [0.717, 1.165) is 37.5 Å².